The van der Waals surface area contributed by atoms with Crippen LogP contribution >= 0.6 is 0 Å². The van der Waals surface area contributed by atoms with E-state index >= 15 is 0 Å². The molecule has 138 valence electrons. The van der Waals surface area contributed by atoms with Gasteiger partial charge >= 0.3 is 0 Å². The van der Waals surface area contributed by atoms with Crippen LogP contribution in [0.1, 0.15) is 28.5 Å². The summed E-state index contributed by atoms with van der Waals surface area (Å²) in [4.78, 5) is 27.1. The van der Waals surface area contributed by atoms with Crippen molar-refractivity contribution in [2.45, 2.75) is 25.9 Å². The fraction of sp³-hybridized carbons (Fsp3) is 0.238. The highest BCUT2D eigenvalue weighted by Crippen LogP contribution is 2.13. The lowest BCUT2D eigenvalue weighted by Crippen LogP contribution is -2.30. The first-order chi connectivity index (χ1) is 13.1. The summed E-state index contributed by atoms with van der Waals surface area (Å²) in [7, 11) is 2.08. The molecule has 0 bridgehead atoms. The van der Waals surface area contributed by atoms with Gasteiger partial charge in [-0.2, -0.15) is 0 Å². The number of pyridine rings is 1. The highest BCUT2D eigenvalue weighted by Gasteiger charge is 2.13. The van der Waals surface area contributed by atoms with Gasteiger partial charge in [-0.3, -0.25) is 19.7 Å². The number of carbonyl (C=O) groups excluding carboxylic acids is 1. The maximum absolute atomic E-state index is 12.4. The predicted octanol–water partition coefficient (Wildman–Crippen LogP) is 3.19. The second kappa shape index (κ2) is 9.00. The lowest BCUT2D eigenvalue weighted by Gasteiger charge is -2.24. The summed E-state index contributed by atoms with van der Waals surface area (Å²) in [6.45, 7) is 2.93. The molecule has 1 amide bonds. The summed E-state index contributed by atoms with van der Waals surface area (Å²) in [6, 6.07) is 14.0. The molecule has 3 aromatic rings. The van der Waals surface area contributed by atoms with Gasteiger partial charge in [0, 0.05) is 48.9 Å². The van der Waals surface area contributed by atoms with Crippen molar-refractivity contribution in [3.05, 3.63) is 84.1 Å². The molecule has 0 spiro atoms. The van der Waals surface area contributed by atoms with Crippen LogP contribution in [-0.4, -0.2) is 38.8 Å². The van der Waals surface area contributed by atoms with Gasteiger partial charge in [0.25, 0.3) is 5.91 Å². The molecule has 2 heterocycles. The first-order valence-corrected chi connectivity index (χ1v) is 8.88. The summed E-state index contributed by atoms with van der Waals surface area (Å²) in [5.41, 5.74) is 2.76. The molecule has 3 rings (SSSR count). The van der Waals surface area contributed by atoms with Gasteiger partial charge in [0.05, 0.1) is 6.20 Å². The molecule has 1 aromatic carbocycles. The van der Waals surface area contributed by atoms with Gasteiger partial charge in [-0.1, -0.05) is 18.2 Å². The summed E-state index contributed by atoms with van der Waals surface area (Å²) >= 11 is 0. The lowest BCUT2D eigenvalue weighted by atomic mass is 10.1. The summed E-state index contributed by atoms with van der Waals surface area (Å²) in [5, 5.41) is 2.76. The third-order valence-electron chi connectivity index (χ3n) is 4.41. The number of nitrogens with one attached hydrogen (secondary N) is 1. The second-order valence-corrected chi connectivity index (χ2v) is 6.53. The minimum absolute atomic E-state index is 0.193. The molecule has 6 heteroatoms. The van der Waals surface area contributed by atoms with Crippen LogP contribution < -0.4 is 5.32 Å². The summed E-state index contributed by atoms with van der Waals surface area (Å²) < 4.78 is 0. The van der Waals surface area contributed by atoms with E-state index < -0.39 is 0 Å². The van der Waals surface area contributed by atoms with Gasteiger partial charge in [-0.25, -0.2) is 4.98 Å². The van der Waals surface area contributed by atoms with Crippen LogP contribution in [0.2, 0.25) is 0 Å². The largest absolute Gasteiger partial charge is 0.305 e. The van der Waals surface area contributed by atoms with E-state index in [4.69, 9.17) is 0 Å². The van der Waals surface area contributed by atoms with Crippen molar-refractivity contribution in [3.63, 3.8) is 0 Å². The molecular weight excluding hydrogens is 338 g/mol. The molecular formula is C21H23N5O. The average Bonchev–Trinajstić information content (AvgIpc) is 2.69. The molecule has 0 unspecified atom stereocenters. The van der Waals surface area contributed by atoms with Crippen LogP contribution in [-0.2, 0) is 13.0 Å². The monoisotopic (exact) mass is 361 g/mol. The van der Waals surface area contributed by atoms with Crippen molar-refractivity contribution < 1.29 is 4.79 Å². The number of amides is 1. The van der Waals surface area contributed by atoms with E-state index in [1.165, 1.54) is 6.20 Å². The lowest BCUT2D eigenvalue weighted by molar-refractivity contribution is 0.102. The number of hydrogen-bond acceptors (Lipinski definition) is 5. The van der Waals surface area contributed by atoms with Crippen molar-refractivity contribution in [1.82, 2.24) is 19.9 Å². The van der Waals surface area contributed by atoms with Gasteiger partial charge in [0.2, 0.25) is 0 Å². The van der Waals surface area contributed by atoms with Crippen LogP contribution in [0.15, 0.2) is 67.3 Å². The van der Waals surface area contributed by atoms with Gasteiger partial charge < -0.3 is 5.32 Å². The maximum atomic E-state index is 12.4. The van der Waals surface area contributed by atoms with Crippen LogP contribution in [0, 0.1) is 0 Å². The Morgan fingerprint density at radius 1 is 1.11 bits per heavy atom. The van der Waals surface area contributed by atoms with Crippen molar-refractivity contribution in [2.24, 2.45) is 0 Å². The van der Waals surface area contributed by atoms with E-state index in [1.54, 1.807) is 18.5 Å². The molecule has 0 aliphatic rings. The maximum Gasteiger partial charge on any atom is 0.256 e. The van der Waals surface area contributed by atoms with Gasteiger partial charge in [-0.15, -0.1) is 0 Å². The molecule has 6 nitrogen and oxygen atoms in total. The van der Waals surface area contributed by atoms with Crippen LogP contribution in [0.3, 0.4) is 0 Å². The third-order valence-corrected chi connectivity index (χ3v) is 4.41. The van der Waals surface area contributed by atoms with Crippen LogP contribution in [0.4, 0.5) is 5.82 Å². The number of benzene rings is 1. The molecule has 27 heavy (non-hydrogen) atoms. The van der Waals surface area contributed by atoms with Gasteiger partial charge in [0.1, 0.15) is 0 Å². The van der Waals surface area contributed by atoms with Crippen molar-refractivity contribution in [3.8, 4) is 0 Å². The van der Waals surface area contributed by atoms with E-state index in [2.05, 4.69) is 39.1 Å². The smallest absolute Gasteiger partial charge is 0.256 e. The molecule has 0 aliphatic heterocycles. The Balaban J connectivity index is 1.62. The highest BCUT2D eigenvalue weighted by molar-refractivity contribution is 6.03. The molecule has 1 atom stereocenters. The fourth-order valence-electron chi connectivity index (χ4n) is 2.78. The van der Waals surface area contributed by atoms with E-state index in [0.717, 1.165) is 24.2 Å². The Morgan fingerprint density at radius 3 is 2.74 bits per heavy atom. The highest BCUT2D eigenvalue weighted by atomic mass is 16.1. The predicted molar refractivity (Wildman–Crippen MR) is 105 cm³/mol. The molecule has 0 aliphatic carbocycles. The number of aromatic nitrogens is 3. The Morgan fingerprint density at radius 2 is 2.00 bits per heavy atom. The molecule has 0 fully saturated rings. The topological polar surface area (TPSA) is 71.0 Å². The Kier molecular flexibility index (Phi) is 6.22. The number of likely N-dealkylation sites (N-methyl/N-ethyl adjacent to an activating group) is 1. The fourth-order valence-corrected chi connectivity index (χ4v) is 2.78. The van der Waals surface area contributed by atoms with Gasteiger partial charge in [0.15, 0.2) is 5.82 Å². The second-order valence-electron chi connectivity index (χ2n) is 6.53. The zero-order chi connectivity index (χ0) is 19.1. The normalized spacial score (nSPS) is 12.0. The summed E-state index contributed by atoms with van der Waals surface area (Å²) in [5.74, 6) is 0.246. The number of rotatable bonds is 7. The molecule has 0 saturated heterocycles. The summed E-state index contributed by atoms with van der Waals surface area (Å²) in [6.07, 6.45) is 7.34. The first-order valence-electron chi connectivity index (χ1n) is 8.88. The third kappa shape index (κ3) is 5.43. The van der Waals surface area contributed by atoms with E-state index in [9.17, 15) is 4.79 Å². The zero-order valence-corrected chi connectivity index (χ0v) is 15.5. The Hall–Kier alpha value is -3.12. The van der Waals surface area contributed by atoms with Crippen LogP contribution in [0.25, 0.3) is 0 Å². The minimum Gasteiger partial charge on any atom is -0.305 e. The zero-order valence-electron chi connectivity index (χ0n) is 15.5. The van der Waals surface area contributed by atoms with Crippen molar-refractivity contribution in [2.75, 3.05) is 12.4 Å². The van der Waals surface area contributed by atoms with E-state index in [-0.39, 0.29) is 5.91 Å². The van der Waals surface area contributed by atoms with Gasteiger partial charge in [-0.05, 0) is 43.8 Å². The van der Waals surface area contributed by atoms with E-state index in [0.29, 0.717) is 17.4 Å². The molecule has 0 saturated carbocycles. The molecule has 1 N–H and O–H groups in total. The van der Waals surface area contributed by atoms with Crippen molar-refractivity contribution >= 4 is 11.7 Å². The van der Waals surface area contributed by atoms with Crippen molar-refractivity contribution in [1.29, 1.82) is 0 Å². The molecule has 2 aromatic heterocycles. The van der Waals surface area contributed by atoms with E-state index in [1.807, 2.05) is 42.6 Å². The molecule has 0 radical (unpaired) electrons. The first kappa shape index (κ1) is 18.7. The SMILES string of the molecule is C[C@@H](Cc1ccccn1)N(C)Cc1cccc(C(=O)Nc2cnccn2)c1. The Bertz CT molecular complexity index is 870. The van der Waals surface area contributed by atoms with Crippen LogP contribution in [0.5, 0.6) is 0 Å². The Labute approximate surface area is 159 Å². The number of anilines is 1. The number of hydrogen-bond donors (Lipinski definition) is 1. The standard InChI is InChI=1S/C21H23N5O/c1-16(12-19-8-3-4-9-23-19)26(2)15-17-6-5-7-18(13-17)21(27)25-20-14-22-10-11-24-20/h3-11,13-14,16H,12,15H2,1-2H3,(H,24,25,27)/t16-/m0/s1. The minimum atomic E-state index is -0.193. The average molecular weight is 361 g/mol. The number of nitrogens with zero attached hydrogens (tertiary/aromatic N) is 4. The number of carbonyl (C=O) groups is 1. The quantitative estimate of drug-likeness (QED) is 0.700.